The highest BCUT2D eigenvalue weighted by Gasteiger charge is 2.04. The molecule has 1 N–H and O–H groups in total. The molecule has 4 heteroatoms. The second-order valence-electron chi connectivity index (χ2n) is 3.32. The van der Waals surface area contributed by atoms with Crippen molar-refractivity contribution >= 4 is 0 Å². The zero-order valence-electron chi connectivity index (χ0n) is 9.37. The fourth-order valence-corrected chi connectivity index (χ4v) is 1.36. The van der Waals surface area contributed by atoms with Crippen LogP contribution in [-0.4, -0.2) is 25.9 Å². The van der Waals surface area contributed by atoms with E-state index >= 15 is 0 Å². The molecule has 1 aromatic carbocycles. The van der Waals surface area contributed by atoms with Crippen molar-refractivity contribution in [3.8, 4) is 11.5 Å². The maximum atomic E-state index is 12.3. The van der Waals surface area contributed by atoms with Crippen LogP contribution in [0.25, 0.3) is 0 Å². The molecule has 0 unspecified atom stereocenters. The van der Waals surface area contributed by atoms with E-state index in [4.69, 9.17) is 14.6 Å². The molecule has 0 saturated carbocycles. The monoisotopic (exact) mass is 226 g/mol. The Morgan fingerprint density at radius 1 is 1.25 bits per heavy atom. The molecule has 0 atom stereocenters. The van der Waals surface area contributed by atoms with Crippen molar-refractivity contribution in [2.45, 2.75) is 6.42 Å². The highest BCUT2D eigenvalue weighted by Crippen LogP contribution is 2.24. The van der Waals surface area contributed by atoms with E-state index in [1.165, 1.54) is 0 Å². The maximum Gasteiger partial charge on any atom is 0.122 e. The largest absolute Gasteiger partial charge is 0.497 e. The van der Waals surface area contributed by atoms with E-state index in [1.807, 2.05) is 0 Å². The quantitative estimate of drug-likeness (QED) is 0.835. The Labute approximate surface area is 94.1 Å². The van der Waals surface area contributed by atoms with Crippen LogP contribution >= 0.6 is 0 Å². The van der Waals surface area contributed by atoms with Crippen LogP contribution in [0.15, 0.2) is 30.1 Å². The van der Waals surface area contributed by atoms with Gasteiger partial charge < -0.3 is 14.6 Å². The molecule has 1 aromatic rings. The third-order valence-corrected chi connectivity index (χ3v) is 2.20. The van der Waals surface area contributed by atoms with Crippen LogP contribution in [0, 0.1) is 0 Å². The Morgan fingerprint density at radius 2 is 1.81 bits per heavy atom. The van der Waals surface area contributed by atoms with Gasteiger partial charge in [0.1, 0.15) is 11.5 Å². The van der Waals surface area contributed by atoms with Crippen molar-refractivity contribution in [3.63, 3.8) is 0 Å². The molecular formula is C12H15FO3. The van der Waals surface area contributed by atoms with Crippen molar-refractivity contribution in [2.75, 3.05) is 20.8 Å². The average Bonchev–Trinajstić information content (AvgIpc) is 2.35. The number of hydrogen-bond acceptors (Lipinski definition) is 3. The summed E-state index contributed by atoms with van der Waals surface area (Å²) in [4.78, 5) is 0. The lowest BCUT2D eigenvalue weighted by molar-refractivity contribution is 0.325. The van der Waals surface area contributed by atoms with Gasteiger partial charge >= 0.3 is 0 Å². The van der Waals surface area contributed by atoms with E-state index in [0.29, 0.717) is 29.8 Å². The molecule has 16 heavy (non-hydrogen) atoms. The van der Waals surface area contributed by atoms with Crippen LogP contribution in [0.3, 0.4) is 0 Å². The summed E-state index contributed by atoms with van der Waals surface area (Å²) in [6, 6.07) is 5.30. The van der Waals surface area contributed by atoms with Gasteiger partial charge in [-0.3, -0.25) is 0 Å². The molecule has 0 aliphatic heterocycles. The topological polar surface area (TPSA) is 38.7 Å². The second kappa shape index (κ2) is 6.12. The van der Waals surface area contributed by atoms with Gasteiger partial charge in [-0.1, -0.05) is 0 Å². The smallest absolute Gasteiger partial charge is 0.122 e. The molecule has 0 bridgehead atoms. The first-order valence-electron chi connectivity index (χ1n) is 4.84. The molecule has 3 nitrogen and oxygen atoms in total. The van der Waals surface area contributed by atoms with Gasteiger partial charge in [0.2, 0.25) is 0 Å². The highest BCUT2D eigenvalue weighted by molar-refractivity contribution is 5.39. The van der Waals surface area contributed by atoms with Gasteiger partial charge in [-0.15, -0.1) is 0 Å². The Hall–Kier alpha value is -1.55. The van der Waals surface area contributed by atoms with E-state index in [0.717, 1.165) is 5.56 Å². The molecule has 0 saturated heterocycles. The van der Waals surface area contributed by atoms with Gasteiger partial charge in [0.25, 0.3) is 0 Å². The van der Waals surface area contributed by atoms with Gasteiger partial charge in [-0.05, 0) is 29.7 Å². The number of hydrogen-bond donors (Lipinski definition) is 1. The number of benzene rings is 1. The van der Waals surface area contributed by atoms with Crippen LogP contribution in [0.5, 0.6) is 11.5 Å². The third-order valence-electron chi connectivity index (χ3n) is 2.20. The normalized spacial score (nSPS) is 11.4. The first-order valence-corrected chi connectivity index (χ1v) is 4.84. The fourth-order valence-electron chi connectivity index (χ4n) is 1.36. The number of halogens is 1. The molecule has 0 heterocycles. The first kappa shape index (κ1) is 12.5. The van der Waals surface area contributed by atoms with E-state index in [2.05, 4.69) is 0 Å². The lowest BCUT2D eigenvalue weighted by Crippen LogP contribution is -1.97. The van der Waals surface area contributed by atoms with E-state index in [9.17, 15) is 4.39 Å². The molecule has 0 aliphatic carbocycles. The predicted octanol–water partition coefficient (Wildman–Crippen LogP) is 2.09. The Morgan fingerprint density at radius 3 is 2.19 bits per heavy atom. The summed E-state index contributed by atoms with van der Waals surface area (Å²) in [6.07, 6.45) is 0.756. The Kier molecular flexibility index (Phi) is 4.79. The van der Waals surface area contributed by atoms with Crippen molar-refractivity contribution in [3.05, 3.63) is 35.7 Å². The van der Waals surface area contributed by atoms with Crippen molar-refractivity contribution in [1.29, 1.82) is 0 Å². The summed E-state index contributed by atoms with van der Waals surface area (Å²) in [6.45, 7) is -0.296. The van der Waals surface area contributed by atoms with Gasteiger partial charge in [0, 0.05) is 6.07 Å². The first-order chi connectivity index (χ1) is 7.73. The van der Waals surface area contributed by atoms with Gasteiger partial charge in [0.05, 0.1) is 27.2 Å². The van der Waals surface area contributed by atoms with E-state index in [-0.39, 0.29) is 6.61 Å². The van der Waals surface area contributed by atoms with Crippen molar-refractivity contribution in [2.24, 2.45) is 0 Å². The van der Waals surface area contributed by atoms with Gasteiger partial charge in [0.15, 0.2) is 0 Å². The summed E-state index contributed by atoms with van der Waals surface area (Å²) >= 11 is 0. The highest BCUT2D eigenvalue weighted by atomic mass is 19.1. The minimum absolute atomic E-state index is 0.296. The average molecular weight is 226 g/mol. The Balaban J connectivity index is 2.94. The number of ether oxygens (including phenoxy) is 2. The molecular weight excluding hydrogens is 211 g/mol. The molecule has 0 fully saturated rings. The van der Waals surface area contributed by atoms with E-state index < -0.39 is 0 Å². The fraction of sp³-hybridized carbons (Fsp3) is 0.333. The molecule has 1 rings (SSSR count). The predicted molar refractivity (Wildman–Crippen MR) is 59.5 cm³/mol. The van der Waals surface area contributed by atoms with Crippen LogP contribution in [-0.2, 0) is 6.42 Å². The van der Waals surface area contributed by atoms with Gasteiger partial charge in [-0.2, -0.15) is 0 Å². The molecule has 88 valence electrons. The second-order valence-corrected chi connectivity index (χ2v) is 3.32. The minimum Gasteiger partial charge on any atom is -0.497 e. The molecule has 0 aliphatic rings. The standard InChI is InChI=1S/C12H15FO3/c1-15-11-4-9(3-10(7-13)8-14)5-12(6-11)16-2/h4-7,14H,3,8H2,1-2H3. The zero-order chi connectivity index (χ0) is 12.0. The lowest BCUT2D eigenvalue weighted by atomic mass is 10.1. The van der Waals surface area contributed by atoms with Crippen molar-refractivity contribution in [1.82, 2.24) is 0 Å². The van der Waals surface area contributed by atoms with E-state index in [1.54, 1.807) is 32.4 Å². The number of methoxy groups -OCH3 is 2. The number of rotatable bonds is 5. The summed E-state index contributed by atoms with van der Waals surface area (Å²) in [5.41, 5.74) is 1.14. The number of aliphatic hydroxyl groups is 1. The molecule has 0 radical (unpaired) electrons. The third kappa shape index (κ3) is 3.24. The molecule has 0 spiro atoms. The summed E-state index contributed by atoms with van der Waals surface area (Å²) in [7, 11) is 3.10. The van der Waals surface area contributed by atoms with Gasteiger partial charge in [-0.25, -0.2) is 4.39 Å². The van der Waals surface area contributed by atoms with Crippen LogP contribution in [0.2, 0.25) is 0 Å². The van der Waals surface area contributed by atoms with Crippen molar-refractivity contribution < 1.29 is 19.0 Å². The summed E-state index contributed by atoms with van der Waals surface area (Å²) < 4.78 is 22.5. The van der Waals surface area contributed by atoms with Crippen LogP contribution < -0.4 is 9.47 Å². The molecule has 0 aromatic heterocycles. The summed E-state index contributed by atoms with van der Waals surface area (Å²) in [5.74, 6) is 1.29. The van der Waals surface area contributed by atoms with Crippen LogP contribution in [0.4, 0.5) is 4.39 Å². The molecule has 0 amide bonds. The zero-order valence-corrected chi connectivity index (χ0v) is 9.37. The number of aliphatic hydroxyl groups excluding tert-OH is 1. The maximum absolute atomic E-state index is 12.3. The van der Waals surface area contributed by atoms with Crippen LogP contribution in [0.1, 0.15) is 5.56 Å². The lowest BCUT2D eigenvalue weighted by Gasteiger charge is -2.08. The summed E-state index contributed by atoms with van der Waals surface area (Å²) in [5, 5.41) is 8.87. The minimum atomic E-state index is -0.296. The SMILES string of the molecule is COc1cc(CC(=CF)CO)cc(OC)c1. The Bertz CT molecular complexity index is 352.